The normalized spacial score (nSPS) is 19.6. The van der Waals surface area contributed by atoms with Gasteiger partial charge in [0.2, 0.25) is 0 Å². The summed E-state index contributed by atoms with van der Waals surface area (Å²) in [6.45, 7) is 2.45. The summed E-state index contributed by atoms with van der Waals surface area (Å²) < 4.78 is 0. The third kappa shape index (κ3) is 2.32. The second kappa shape index (κ2) is 5.35. The molecule has 2 aliphatic heterocycles. The van der Waals surface area contributed by atoms with E-state index in [0.717, 1.165) is 25.9 Å². The fourth-order valence-electron chi connectivity index (χ4n) is 2.86. The molecular formula is C14H15Cl2N2O2+. The van der Waals surface area contributed by atoms with Gasteiger partial charge in [-0.2, -0.15) is 0 Å². The zero-order valence-corrected chi connectivity index (χ0v) is 12.4. The molecule has 4 nitrogen and oxygen atoms in total. The third-order valence-corrected chi connectivity index (χ3v) is 4.68. The largest absolute Gasteiger partial charge is 0.317 e. The van der Waals surface area contributed by atoms with Gasteiger partial charge in [-0.25, -0.2) is 4.90 Å². The van der Waals surface area contributed by atoms with Crippen LogP contribution in [-0.2, 0) is 0 Å². The number of amides is 2. The Morgan fingerprint density at radius 3 is 1.95 bits per heavy atom. The number of quaternary nitrogens is 1. The molecule has 2 amide bonds. The van der Waals surface area contributed by atoms with Crippen LogP contribution in [-0.4, -0.2) is 36.5 Å². The fraction of sp³-hybridized carbons (Fsp3) is 0.429. The number of nitrogens with one attached hydrogen (secondary N) is 1. The van der Waals surface area contributed by atoms with E-state index < -0.39 is 0 Å². The van der Waals surface area contributed by atoms with Gasteiger partial charge in [0.1, 0.15) is 0 Å². The zero-order chi connectivity index (χ0) is 14.3. The first-order chi connectivity index (χ1) is 9.58. The van der Waals surface area contributed by atoms with Crippen LogP contribution in [0.1, 0.15) is 40.0 Å². The molecule has 1 N–H and O–H groups in total. The molecule has 1 saturated heterocycles. The first-order valence-corrected chi connectivity index (χ1v) is 7.52. The monoisotopic (exact) mass is 313 g/mol. The maximum Gasteiger partial charge on any atom is 0.266 e. The summed E-state index contributed by atoms with van der Waals surface area (Å²) in [6, 6.07) is 2.98. The Labute approximate surface area is 127 Å². The van der Waals surface area contributed by atoms with Gasteiger partial charge < -0.3 is 4.90 Å². The van der Waals surface area contributed by atoms with E-state index in [1.54, 1.807) is 0 Å². The predicted octanol–water partition coefficient (Wildman–Crippen LogP) is 1.62. The average Bonchev–Trinajstić information content (AvgIpc) is 2.66. The molecule has 20 heavy (non-hydrogen) atoms. The molecule has 0 spiro atoms. The number of rotatable bonds is 2. The molecule has 2 heterocycles. The van der Waals surface area contributed by atoms with Crippen molar-refractivity contribution >= 4 is 35.0 Å². The van der Waals surface area contributed by atoms with Gasteiger partial charge in [0.25, 0.3) is 11.8 Å². The number of piperidine rings is 1. The molecule has 0 aromatic heterocycles. The number of halogens is 2. The molecule has 0 unspecified atom stereocenters. The van der Waals surface area contributed by atoms with Crippen molar-refractivity contribution in [3.8, 4) is 0 Å². The topological polar surface area (TPSA) is 41.8 Å². The summed E-state index contributed by atoms with van der Waals surface area (Å²) in [5.74, 6) is -0.525. The molecule has 1 fully saturated rings. The lowest BCUT2D eigenvalue weighted by atomic mass is 10.1. The maximum atomic E-state index is 12.3. The van der Waals surface area contributed by atoms with Crippen LogP contribution in [0.15, 0.2) is 12.1 Å². The first-order valence-electron chi connectivity index (χ1n) is 6.77. The second-order valence-electron chi connectivity index (χ2n) is 5.32. The van der Waals surface area contributed by atoms with Gasteiger partial charge in [0.15, 0.2) is 6.67 Å². The summed E-state index contributed by atoms with van der Waals surface area (Å²) in [6.07, 6.45) is 3.53. The van der Waals surface area contributed by atoms with Crippen molar-refractivity contribution < 1.29 is 14.5 Å². The lowest BCUT2D eigenvalue weighted by Gasteiger charge is -2.26. The smallest absolute Gasteiger partial charge is 0.266 e. The third-order valence-electron chi connectivity index (χ3n) is 3.95. The van der Waals surface area contributed by atoms with Crippen molar-refractivity contribution in [2.75, 3.05) is 19.8 Å². The Kier molecular flexibility index (Phi) is 3.71. The van der Waals surface area contributed by atoms with Crippen LogP contribution in [0.25, 0.3) is 0 Å². The van der Waals surface area contributed by atoms with Crippen molar-refractivity contribution in [3.05, 3.63) is 33.3 Å². The molecule has 1 aromatic carbocycles. The minimum Gasteiger partial charge on any atom is -0.317 e. The Morgan fingerprint density at radius 1 is 0.950 bits per heavy atom. The molecule has 0 atom stereocenters. The molecular weight excluding hydrogens is 299 g/mol. The number of hydrogen-bond acceptors (Lipinski definition) is 2. The van der Waals surface area contributed by atoms with Gasteiger partial charge >= 0.3 is 0 Å². The van der Waals surface area contributed by atoms with Crippen LogP contribution in [0.2, 0.25) is 10.0 Å². The van der Waals surface area contributed by atoms with Crippen LogP contribution in [0.4, 0.5) is 0 Å². The Hall–Kier alpha value is -1.10. The van der Waals surface area contributed by atoms with Gasteiger partial charge in [0.05, 0.1) is 34.3 Å². The van der Waals surface area contributed by atoms with Crippen molar-refractivity contribution in [3.63, 3.8) is 0 Å². The first kappa shape index (κ1) is 13.9. The van der Waals surface area contributed by atoms with E-state index >= 15 is 0 Å². The molecule has 0 bridgehead atoms. The van der Waals surface area contributed by atoms with Crippen molar-refractivity contribution in [2.45, 2.75) is 19.3 Å². The minimum absolute atomic E-state index is 0.262. The van der Waals surface area contributed by atoms with Gasteiger partial charge in [-0.15, -0.1) is 0 Å². The number of benzene rings is 1. The van der Waals surface area contributed by atoms with E-state index in [-0.39, 0.29) is 11.8 Å². The molecule has 1 aromatic rings. The molecule has 0 saturated carbocycles. The van der Waals surface area contributed by atoms with E-state index in [9.17, 15) is 9.59 Å². The number of nitrogens with zero attached hydrogens (tertiary/aromatic N) is 1. The Balaban J connectivity index is 1.85. The number of fused-ring (bicyclic) bond motifs is 1. The number of likely N-dealkylation sites (tertiary alicyclic amines) is 1. The van der Waals surface area contributed by atoms with Crippen LogP contribution >= 0.6 is 23.2 Å². The highest BCUT2D eigenvalue weighted by molar-refractivity contribution is 6.43. The van der Waals surface area contributed by atoms with E-state index in [4.69, 9.17) is 23.2 Å². The molecule has 6 heteroatoms. The van der Waals surface area contributed by atoms with Crippen LogP contribution < -0.4 is 4.90 Å². The summed E-state index contributed by atoms with van der Waals surface area (Å²) in [7, 11) is 0. The van der Waals surface area contributed by atoms with Crippen LogP contribution in [0.3, 0.4) is 0 Å². The summed E-state index contributed by atoms with van der Waals surface area (Å²) in [5.41, 5.74) is 0.724. The number of hydrogen-bond donors (Lipinski definition) is 1. The predicted molar refractivity (Wildman–Crippen MR) is 76.4 cm³/mol. The van der Waals surface area contributed by atoms with E-state index in [1.807, 2.05) is 0 Å². The van der Waals surface area contributed by atoms with E-state index in [1.165, 1.54) is 28.4 Å². The van der Waals surface area contributed by atoms with Gasteiger partial charge in [0, 0.05) is 0 Å². The van der Waals surface area contributed by atoms with Crippen molar-refractivity contribution in [2.24, 2.45) is 0 Å². The van der Waals surface area contributed by atoms with Gasteiger partial charge in [-0.1, -0.05) is 23.2 Å². The number of carbonyl (C=O) groups is 2. The Morgan fingerprint density at radius 2 is 1.45 bits per heavy atom. The average molecular weight is 314 g/mol. The fourth-order valence-corrected chi connectivity index (χ4v) is 3.19. The summed E-state index contributed by atoms with van der Waals surface area (Å²) in [5, 5.41) is 0.609. The summed E-state index contributed by atoms with van der Waals surface area (Å²) >= 11 is 11.9. The van der Waals surface area contributed by atoms with Crippen LogP contribution in [0, 0.1) is 0 Å². The van der Waals surface area contributed by atoms with Crippen molar-refractivity contribution in [1.29, 1.82) is 0 Å². The van der Waals surface area contributed by atoms with Crippen LogP contribution in [0.5, 0.6) is 0 Å². The Bertz CT molecular complexity index is 542. The van der Waals surface area contributed by atoms with E-state index in [2.05, 4.69) is 0 Å². The molecule has 3 rings (SSSR count). The highest BCUT2D eigenvalue weighted by Crippen LogP contribution is 2.31. The zero-order valence-electron chi connectivity index (χ0n) is 10.9. The van der Waals surface area contributed by atoms with Gasteiger partial charge in [-0.05, 0) is 31.4 Å². The SMILES string of the molecule is O=C1c2cc(Cl)c(Cl)cc2C(=O)N1C[NH+]1CCCCC1. The molecule has 2 aliphatic rings. The van der Waals surface area contributed by atoms with Gasteiger partial charge in [-0.3, -0.25) is 9.59 Å². The summed E-state index contributed by atoms with van der Waals surface area (Å²) in [4.78, 5) is 27.3. The second-order valence-corrected chi connectivity index (χ2v) is 6.13. The minimum atomic E-state index is -0.262. The highest BCUT2D eigenvalue weighted by atomic mass is 35.5. The van der Waals surface area contributed by atoms with E-state index in [0.29, 0.717) is 27.8 Å². The maximum absolute atomic E-state index is 12.3. The number of imide groups is 1. The molecule has 106 valence electrons. The molecule has 0 radical (unpaired) electrons. The lowest BCUT2D eigenvalue weighted by Crippen LogP contribution is -3.14. The molecule has 0 aliphatic carbocycles. The number of carbonyl (C=O) groups excluding carboxylic acids is 2. The quantitative estimate of drug-likeness (QED) is 0.843. The highest BCUT2D eigenvalue weighted by Gasteiger charge is 2.38. The van der Waals surface area contributed by atoms with Crippen molar-refractivity contribution in [1.82, 2.24) is 4.90 Å². The standard InChI is InChI=1S/C14H14Cl2N2O2/c15-11-6-9-10(7-12(11)16)14(20)18(13(9)19)8-17-4-2-1-3-5-17/h6-7H,1-5,8H2/p+1. The lowest BCUT2D eigenvalue weighted by molar-refractivity contribution is -0.912.